The van der Waals surface area contributed by atoms with Gasteiger partial charge in [-0.2, -0.15) is 0 Å². The molecule has 0 aliphatic heterocycles. The summed E-state index contributed by atoms with van der Waals surface area (Å²) in [5.41, 5.74) is -0.132. The molecule has 0 heterocycles. The van der Waals surface area contributed by atoms with Crippen molar-refractivity contribution in [2.75, 3.05) is 11.4 Å². The van der Waals surface area contributed by atoms with E-state index in [1.165, 1.54) is 37.4 Å². The molecule has 0 fully saturated rings. The van der Waals surface area contributed by atoms with E-state index in [4.69, 9.17) is 23.2 Å². The number of benzene rings is 2. The van der Waals surface area contributed by atoms with Crippen LogP contribution in [0.3, 0.4) is 0 Å². The molecule has 2 aromatic rings. The number of hydrogen-bond donors (Lipinski definition) is 0. The average Bonchev–Trinajstić information content (AvgIpc) is 2.49. The minimum absolute atomic E-state index is 0.0840. The SMILES string of the molecule is CN(c1cccc(Cl)c1Cl)S(=O)(=O)c1cccc([N+](=O)[O-])c1. The molecular weight excluding hydrogens is 351 g/mol. The molecule has 0 N–H and O–H groups in total. The van der Waals surface area contributed by atoms with E-state index in [-0.39, 0.29) is 26.3 Å². The maximum Gasteiger partial charge on any atom is 0.270 e. The third-order valence-corrected chi connectivity index (χ3v) is 5.53. The molecule has 6 nitrogen and oxygen atoms in total. The first-order chi connectivity index (χ1) is 10.2. The van der Waals surface area contributed by atoms with Crippen molar-refractivity contribution in [3.8, 4) is 0 Å². The predicted octanol–water partition coefficient (Wildman–Crippen LogP) is 3.73. The number of rotatable bonds is 4. The molecule has 116 valence electrons. The van der Waals surface area contributed by atoms with Crippen molar-refractivity contribution < 1.29 is 13.3 Å². The van der Waals surface area contributed by atoms with Gasteiger partial charge in [0.1, 0.15) is 0 Å². The van der Waals surface area contributed by atoms with Gasteiger partial charge in [-0.15, -0.1) is 0 Å². The fourth-order valence-corrected chi connectivity index (χ4v) is 3.50. The smallest absolute Gasteiger partial charge is 0.268 e. The van der Waals surface area contributed by atoms with Crippen LogP contribution in [-0.2, 0) is 10.0 Å². The third kappa shape index (κ3) is 3.01. The van der Waals surface area contributed by atoms with Crippen LogP contribution in [0.25, 0.3) is 0 Å². The van der Waals surface area contributed by atoms with Gasteiger partial charge in [-0.3, -0.25) is 14.4 Å². The second-order valence-corrected chi connectivity index (χ2v) is 7.05. The molecule has 0 aliphatic carbocycles. The second kappa shape index (κ2) is 6.12. The summed E-state index contributed by atoms with van der Waals surface area (Å²) in [6, 6.07) is 9.36. The van der Waals surface area contributed by atoms with Crippen molar-refractivity contribution in [3.05, 3.63) is 62.6 Å². The summed E-state index contributed by atoms with van der Waals surface area (Å²) in [4.78, 5) is 9.91. The molecule has 0 spiro atoms. The van der Waals surface area contributed by atoms with Crippen molar-refractivity contribution in [1.82, 2.24) is 0 Å². The highest BCUT2D eigenvalue weighted by Crippen LogP contribution is 2.34. The Hall–Kier alpha value is -1.83. The lowest BCUT2D eigenvalue weighted by Gasteiger charge is -2.21. The number of hydrogen-bond acceptors (Lipinski definition) is 4. The normalized spacial score (nSPS) is 11.2. The maximum absolute atomic E-state index is 12.6. The van der Waals surface area contributed by atoms with Crippen LogP contribution in [-0.4, -0.2) is 20.4 Å². The van der Waals surface area contributed by atoms with Gasteiger partial charge < -0.3 is 0 Å². The predicted molar refractivity (Wildman–Crippen MR) is 85.1 cm³/mol. The Labute approximate surface area is 137 Å². The molecule has 0 atom stereocenters. The molecule has 0 aliphatic rings. The highest BCUT2D eigenvalue weighted by molar-refractivity contribution is 7.92. The van der Waals surface area contributed by atoms with E-state index in [2.05, 4.69) is 0 Å². The van der Waals surface area contributed by atoms with E-state index in [1.807, 2.05) is 0 Å². The van der Waals surface area contributed by atoms with Crippen LogP contribution in [0, 0.1) is 10.1 Å². The largest absolute Gasteiger partial charge is 0.270 e. The monoisotopic (exact) mass is 360 g/mol. The maximum atomic E-state index is 12.6. The molecule has 9 heteroatoms. The first-order valence-corrected chi connectivity index (χ1v) is 8.12. The fraction of sp³-hybridized carbons (Fsp3) is 0.0769. The fourth-order valence-electron chi connectivity index (χ4n) is 1.78. The van der Waals surface area contributed by atoms with Crippen molar-refractivity contribution >= 4 is 44.6 Å². The van der Waals surface area contributed by atoms with E-state index in [0.717, 1.165) is 10.4 Å². The summed E-state index contributed by atoms with van der Waals surface area (Å²) in [5.74, 6) is 0. The van der Waals surface area contributed by atoms with Gasteiger partial charge in [0.15, 0.2) is 0 Å². The second-order valence-electron chi connectivity index (χ2n) is 4.30. The van der Waals surface area contributed by atoms with Crippen LogP contribution in [0.1, 0.15) is 0 Å². The quantitative estimate of drug-likeness (QED) is 0.614. The molecule has 0 bridgehead atoms. The molecule has 22 heavy (non-hydrogen) atoms. The Morgan fingerprint density at radius 1 is 1.14 bits per heavy atom. The Morgan fingerprint density at radius 2 is 1.77 bits per heavy atom. The lowest BCUT2D eigenvalue weighted by atomic mass is 10.3. The average molecular weight is 361 g/mol. The Balaban J connectivity index is 2.52. The summed E-state index contributed by atoms with van der Waals surface area (Å²) in [6.07, 6.45) is 0. The molecule has 0 aromatic heterocycles. The first-order valence-electron chi connectivity index (χ1n) is 5.92. The molecule has 0 radical (unpaired) electrons. The third-order valence-electron chi connectivity index (χ3n) is 2.96. The van der Waals surface area contributed by atoms with E-state index >= 15 is 0 Å². The number of non-ortho nitro benzene ring substituents is 1. The number of sulfonamides is 1. The van der Waals surface area contributed by atoms with Gasteiger partial charge >= 0.3 is 0 Å². The first kappa shape index (κ1) is 16.5. The van der Waals surface area contributed by atoms with Gasteiger partial charge in [-0.25, -0.2) is 8.42 Å². The van der Waals surface area contributed by atoms with E-state index in [9.17, 15) is 18.5 Å². The highest BCUT2D eigenvalue weighted by atomic mass is 35.5. The zero-order chi connectivity index (χ0) is 16.5. The van der Waals surface area contributed by atoms with E-state index < -0.39 is 14.9 Å². The van der Waals surface area contributed by atoms with Crippen molar-refractivity contribution in [1.29, 1.82) is 0 Å². The van der Waals surface area contributed by atoms with Gasteiger partial charge in [-0.1, -0.05) is 35.3 Å². The van der Waals surface area contributed by atoms with Crippen LogP contribution >= 0.6 is 23.2 Å². The van der Waals surface area contributed by atoms with Crippen LogP contribution in [0.2, 0.25) is 10.0 Å². The Bertz CT molecular complexity index is 840. The van der Waals surface area contributed by atoms with Crippen molar-refractivity contribution in [2.24, 2.45) is 0 Å². The van der Waals surface area contributed by atoms with Gasteiger partial charge in [0.2, 0.25) is 0 Å². The zero-order valence-corrected chi connectivity index (χ0v) is 13.6. The molecular formula is C13H10Cl2N2O4S. The summed E-state index contributed by atoms with van der Waals surface area (Å²) in [5, 5.41) is 11.1. The molecule has 0 saturated carbocycles. The van der Waals surface area contributed by atoms with Crippen LogP contribution in [0.5, 0.6) is 0 Å². The van der Waals surface area contributed by atoms with Gasteiger partial charge in [0, 0.05) is 19.2 Å². The Kier molecular flexibility index (Phi) is 4.60. The van der Waals surface area contributed by atoms with E-state index in [1.54, 1.807) is 6.07 Å². The number of nitro groups is 1. The molecule has 0 saturated heterocycles. The number of anilines is 1. The van der Waals surface area contributed by atoms with E-state index in [0.29, 0.717) is 0 Å². The van der Waals surface area contributed by atoms with Crippen molar-refractivity contribution in [2.45, 2.75) is 4.90 Å². The summed E-state index contributed by atoms with van der Waals surface area (Å²) in [7, 11) is -2.70. The van der Waals surface area contributed by atoms with Crippen molar-refractivity contribution in [3.63, 3.8) is 0 Å². The lowest BCUT2D eigenvalue weighted by molar-refractivity contribution is -0.385. The number of nitro benzene ring substituents is 1. The standard InChI is InChI=1S/C13H10Cl2N2O4S/c1-16(12-7-3-6-11(14)13(12)15)22(20,21)10-5-2-4-9(8-10)17(18)19/h2-8H,1H3. The van der Waals surface area contributed by atoms with Crippen LogP contribution in [0.15, 0.2) is 47.4 Å². The van der Waals surface area contributed by atoms with Crippen LogP contribution < -0.4 is 4.31 Å². The van der Waals surface area contributed by atoms with Gasteiger partial charge in [-0.05, 0) is 18.2 Å². The van der Waals surface area contributed by atoms with Gasteiger partial charge in [0.05, 0.1) is 25.6 Å². The van der Waals surface area contributed by atoms with Gasteiger partial charge in [0.25, 0.3) is 15.7 Å². The topological polar surface area (TPSA) is 80.5 Å². The Morgan fingerprint density at radius 3 is 2.41 bits per heavy atom. The lowest BCUT2D eigenvalue weighted by Crippen LogP contribution is -2.26. The minimum Gasteiger partial charge on any atom is -0.268 e. The molecule has 2 rings (SSSR count). The molecule has 0 unspecified atom stereocenters. The van der Waals surface area contributed by atoms with Crippen LogP contribution in [0.4, 0.5) is 11.4 Å². The summed E-state index contributed by atoms with van der Waals surface area (Å²) in [6.45, 7) is 0. The summed E-state index contributed by atoms with van der Waals surface area (Å²) < 4.78 is 26.1. The molecule has 2 aromatic carbocycles. The number of nitrogens with zero attached hydrogens (tertiary/aromatic N) is 2. The number of halogens is 2. The highest BCUT2D eigenvalue weighted by Gasteiger charge is 2.25. The minimum atomic E-state index is -4.00. The summed E-state index contributed by atoms with van der Waals surface area (Å²) >= 11 is 11.9. The zero-order valence-electron chi connectivity index (χ0n) is 11.2. The molecule has 0 amide bonds.